The molecule has 1 aliphatic rings. The fourth-order valence-electron chi connectivity index (χ4n) is 2.94. The van der Waals surface area contributed by atoms with Gasteiger partial charge in [-0.1, -0.05) is 48.5 Å². The molecule has 0 saturated carbocycles. The Labute approximate surface area is 133 Å². The van der Waals surface area contributed by atoms with Crippen LogP contribution in [0.5, 0.6) is 0 Å². The van der Waals surface area contributed by atoms with Crippen molar-refractivity contribution in [3.8, 4) is 11.1 Å². The third-order valence-electron chi connectivity index (χ3n) is 4.08. The number of ether oxygens (including phenoxy) is 1. The van der Waals surface area contributed by atoms with Gasteiger partial charge in [0, 0.05) is 5.92 Å². The molecule has 2 aromatic carbocycles. The Hall–Kier alpha value is -2.66. The molecule has 0 radical (unpaired) electrons. The molecule has 0 fully saturated rings. The first-order chi connectivity index (χ1) is 11.1. The van der Waals surface area contributed by atoms with Gasteiger partial charge in [-0.2, -0.15) is 0 Å². The van der Waals surface area contributed by atoms with Crippen LogP contribution in [-0.4, -0.2) is 29.7 Å². The first-order valence-corrected chi connectivity index (χ1v) is 7.40. The number of nitrogens with two attached hydrogens (primary N) is 1. The Morgan fingerprint density at radius 1 is 1.04 bits per heavy atom. The fourth-order valence-corrected chi connectivity index (χ4v) is 2.94. The summed E-state index contributed by atoms with van der Waals surface area (Å²) < 4.78 is 5.28. The van der Waals surface area contributed by atoms with Crippen LogP contribution in [0.1, 0.15) is 23.5 Å². The summed E-state index contributed by atoms with van der Waals surface area (Å²) >= 11 is 0. The Morgan fingerprint density at radius 3 is 2.09 bits per heavy atom. The van der Waals surface area contributed by atoms with Gasteiger partial charge in [0.05, 0.1) is 6.42 Å². The number of hydrogen-bond acceptors (Lipinski definition) is 4. The van der Waals surface area contributed by atoms with Crippen molar-refractivity contribution in [2.24, 2.45) is 5.73 Å². The number of benzene rings is 2. The summed E-state index contributed by atoms with van der Waals surface area (Å²) in [7, 11) is 0. The van der Waals surface area contributed by atoms with E-state index in [1.54, 1.807) is 0 Å². The van der Waals surface area contributed by atoms with Gasteiger partial charge >= 0.3 is 11.9 Å². The molecule has 5 nitrogen and oxygen atoms in total. The molecular weight excluding hydrogens is 294 g/mol. The van der Waals surface area contributed by atoms with Crippen molar-refractivity contribution in [3.05, 3.63) is 59.7 Å². The average Bonchev–Trinajstić information content (AvgIpc) is 2.87. The van der Waals surface area contributed by atoms with Gasteiger partial charge in [0.15, 0.2) is 0 Å². The lowest BCUT2D eigenvalue weighted by atomic mass is 9.98. The summed E-state index contributed by atoms with van der Waals surface area (Å²) in [6, 6.07) is 14.8. The van der Waals surface area contributed by atoms with Crippen molar-refractivity contribution < 1.29 is 19.4 Å². The molecule has 0 aliphatic heterocycles. The predicted molar refractivity (Wildman–Crippen MR) is 84.9 cm³/mol. The van der Waals surface area contributed by atoms with Crippen LogP contribution in [0, 0.1) is 0 Å². The molecule has 0 amide bonds. The first kappa shape index (κ1) is 15.2. The first-order valence-electron chi connectivity index (χ1n) is 7.40. The average molecular weight is 311 g/mol. The van der Waals surface area contributed by atoms with Crippen LogP contribution in [0.4, 0.5) is 0 Å². The highest BCUT2D eigenvalue weighted by molar-refractivity contribution is 5.82. The second-order valence-electron chi connectivity index (χ2n) is 5.56. The van der Waals surface area contributed by atoms with Crippen LogP contribution < -0.4 is 5.73 Å². The molecule has 0 aromatic heterocycles. The Bertz CT molecular complexity index is 711. The molecule has 0 saturated heterocycles. The van der Waals surface area contributed by atoms with Gasteiger partial charge in [0.25, 0.3) is 0 Å². The number of fused-ring (bicyclic) bond motifs is 3. The largest absolute Gasteiger partial charge is 0.480 e. The van der Waals surface area contributed by atoms with Gasteiger partial charge in [-0.3, -0.25) is 9.59 Å². The lowest BCUT2D eigenvalue weighted by Gasteiger charge is -2.14. The SMILES string of the molecule is N[C@@H](CC(=O)OCC1c2ccccc2-c2ccccc21)C(=O)O. The molecular formula is C18H17NO4. The predicted octanol–water partition coefficient (Wildman–Crippen LogP) is 2.14. The zero-order valence-electron chi connectivity index (χ0n) is 12.4. The van der Waals surface area contributed by atoms with Crippen LogP contribution in [0.2, 0.25) is 0 Å². The van der Waals surface area contributed by atoms with Gasteiger partial charge in [-0.05, 0) is 22.3 Å². The lowest BCUT2D eigenvalue weighted by molar-refractivity contribution is -0.149. The molecule has 5 heteroatoms. The van der Waals surface area contributed by atoms with E-state index in [1.165, 1.54) is 0 Å². The standard InChI is InChI=1S/C18H17NO4/c19-16(18(21)22)9-17(20)23-10-15-13-7-3-1-5-11(13)12-6-2-4-8-14(12)15/h1-8,15-16H,9-10,19H2,(H,21,22)/t16-/m0/s1. The smallest absolute Gasteiger partial charge is 0.321 e. The van der Waals surface area contributed by atoms with Gasteiger partial charge < -0.3 is 15.6 Å². The van der Waals surface area contributed by atoms with Crippen LogP contribution in [0.25, 0.3) is 11.1 Å². The van der Waals surface area contributed by atoms with Crippen LogP contribution >= 0.6 is 0 Å². The van der Waals surface area contributed by atoms with E-state index in [0.29, 0.717) is 0 Å². The highest BCUT2D eigenvalue weighted by Gasteiger charge is 2.29. The summed E-state index contributed by atoms with van der Waals surface area (Å²) in [6.07, 6.45) is -0.328. The number of rotatable bonds is 5. The Morgan fingerprint density at radius 2 is 1.57 bits per heavy atom. The summed E-state index contributed by atoms with van der Waals surface area (Å²) in [6.45, 7) is 0.180. The van der Waals surface area contributed by atoms with Crippen molar-refractivity contribution in [3.63, 3.8) is 0 Å². The highest BCUT2D eigenvalue weighted by Crippen LogP contribution is 2.44. The van der Waals surface area contributed by atoms with E-state index in [2.05, 4.69) is 12.1 Å². The monoisotopic (exact) mass is 311 g/mol. The van der Waals surface area contributed by atoms with Gasteiger partial charge in [0.1, 0.15) is 12.6 Å². The highest BCUT2D eigenvalue weighted by atomic mass is 16.5. The number of carbonyl (C=O) groups is 2. The molecule has 0 spiro atoms. The minimum Gasteiger partial charge on any atom is -0.480 e. The number of aliphatic carboxylic acids is 1. The molecule has 0 heterocycles. The number of carboxylic acids is 1. The Balaban J connectivity index is 1.76. The van der Waals surface area contributed by atoms with Gasteiger partial charge in [-0.25, -0.2) is 0 Å². The van der Waals surface area contributed by atoms with Gasteiger partial charge in [0.2, 0.25) is 0 Å². The Kier molecular flexibility index (Phi) is 4.12. The second-order valence-corrected chi connectivity index (χ2v) is 5.56. The summed E-state index contributed by atoms with van der Waals surface area (Å²) in [5.74, 6) is -1.84. The van der Waals surface area contributed by atoms with E-state index in [1.807, 2.05) is 36.4 Å². The zero-order valence-corrected chi connectivity index (χ0v) is 12.4. The van der Waals surface area contributed by atoms with Crippen molar-refractivity contribution in [2.75, 3.05) is 6.61 Å². The number of carboxylic acid groups (broad SMARTS) is 1. The van der Waals surface area contributed by atoms with E-state index in [9.17, 15) is 9.59 Å². The zero-order chi connectivity index (χ0) is 16.4. The topological polar surface area (TPSA) is 89.6 Å². The number of carbonyl (C=O) groups excluding carboxylic acids is 1. The third kappa shape index (κ3) is 2.96. The van der Waals surface area contributed by atoms with Crippen molar-refractivity contribution in [1.82, 2.24) is 0 Å². The molecule has 1 aliphatic carbocycles. The number of esters is 1. The van der Waals surface area contributed by atoms with E-state index in [0.717, 1.165) is 22.3 Å². The van der Waals surface area contributed by atoms with Crippen molar-refractivity contribution >= 4 is 11.9 Å². The second kappa shape index (κ2) is 6.22. The molecule has 1 atom stereocenters. The van der Waals surface area contributed by atoms with E-state index < -0.39 is 18.0 Å². The van der Waals surface area contributed by atoms with Crippen LogP contribution in [-0.2, 0) is 14.3 Å². The molecule has 118 valence electrons. The summed E-state index contributed by atoms with van der Waals surface area (Å²) in [5.41, 5.74) is 9.87. The lowest BCUT2D eigenvalue weighted by Crippen LogP contribution is -2.33. The summed E-state index contributed by atoms with van der Waals surface area (Å²) in [4.78, 5) is 22.5. The maximum atomic E-state index is 11.8. The summed E-state index contributed by atoms with van der Waals surface area (Å²) in [5, 5.41) is 8.74. The van der Waals surface area contributed by atoms with Crippen LogP contribution in [0.15, 0.2) is 48.5 Å². The van der Waals surface area contributed by atoms with E-state index in [4.69, 9.17) is 15.6 Å². The minimum atomic E-state index is -1.23. The molecule has 3 rings (SSSR count). The molecule has 2 aromatic rings. The van der Waals surface area contributed by atoms with E-state index in [-0.39, 0.29) is 18.9 Å². The van der Waals surface area contributed by atoms with Crippen molar-refractivity contribution in [1.29, 1.82) is 0 Å². The van der Waals surface area contributed by atoms with E-state index >= 15 is 0 Å². The fraction of sp³-hybridized carbons (Fsp3) is 0.222. The quantitative estimate of drug-likeness (QED) is 0.826. The molecule has 23 heavy (non-hydrogen) atoms. The van der Waals surface area contributed by atoms with Crippen molar-refractivity contribution in [2.45, 2.75) is 18.4 Å². The molecule has 0 unspecified atom stereocenters. The van der Waals surface area contributed by atoms with Crippen LogP contribution in [0.3, 0.4) is 0 Å². The normalized spacial score (nSPS) is 14.0. The maximum absolute atomic E-state index is 11.8. The minimum absolute atomic E-state index is 0.0348. The molecule has 0 bridgehead atoms. The maximum Gasteiger partial charge on any atom is 0.321 e. The third-order valence-corrected chi connectivity index (χ3v) is 4.08. The number of hydrogen-bond donors (Lipinski definition) is 2. The van der Waals surface area contributed by atoms with Gasteiger partial charge in [-0.15, -0.1) is 0 Å². The molecule has 3 N–H and O–H groups in total.